The van der Waals surface area contributed by atoms with Gasteiger partial charge < -0.3 is 14.8 Å². The summed E-state index contributed by atoms with van der Waals surface area (Å²) in [5, 5.41) is 3.06. The molecule has 0 unspecified atom stereocenters. The number of hydrogen-bond donors (Lipinski definition) is 1. The quantitative estimate of drug-likeness (QED) is 0.438. The van der Waals surface area contributed by atoms with Gasteiger partial charge in [0.05, 0.1) is 0 Å². The molecule has 1 fully saturated rings. The number of hydrogen-bond acceptors (Lipinski definition) is 5. The van der Waals surface area contributed by atoms with Crippen LogP contribution in [-0.4, -0.2) is 30.3 Å². The SMILES string of the molecule is CC(C)NCC=C1C(=O)OC(C)(C)OC1=O. The highest BCUT2D eigenvalue weighted by Gasteiger charge is 2.38. The second-order valence-electron chi connectivity index (χ2n) is 4.36. The van der Waals surface area contributed by atoms with E-state index in [2.05, 4.69) is 5.32 Å². The Labute approximate surface area is 94.8 Å². The highest BCUT2D eigenvalue weighted by molar-refractivity contribution is 6.15. The monoisotopic (exact) mass is 227 g/mol. The van der Waals surface area contributed by atoms with Crippen LogP contribution in [-0.2, 0) is 19.1 Å². The van der Waals surface area contributed by atoms with E-state index >= 15 is 0 Å². The summed E-state index contributed by atoms with van der Waals surface area (Å²) in [6, 6.07) is 0.281. The summed E-state index contributed by atoms with van der Waals surface area (Å²) in [6.45, 7) is 7.41. The molecule has 16 heavy (non-hydrogen) atoms. The molecule has 5 heteroatoms. The first kappa shape index (κ1) is 12.7. The molecule has 0 spiro atoms. The fourth-order valence-corrected chi connectivity index (χ4v) is 1.22. The fourth-order valence-electron chi connectivity index (χ4n) is 1.22. The van der Waals surface area contributed by atoms with Gasteiger partial charge in [-0.15, -0.1) is 0 Å². The van der Waals surface area contributed by atoms with Crippen LogP contribution in [0.5, 0.6) is 0 Å². The fraction of sp³-hybridized carbons (Fsp3) is 0.636. The zero-order valence-corrected chi connectivity index (χ0v) is 9.99. The molecule has 1 rings (SSSR count). The third kappa shape index (κ3) is 3.34. The maximum absolute atomic E-state index is 11.5. The van der Waals surface area contributed by atoms with Crippen LogP contribution in [0.3, 0.4) is 0 Å². The lowest BCUT2D eigenvalue weighted by Gasteiger charge is -2.29. The number of rotatable bonds is 3. The molecule has 5 nitrogen and oxygen atoms in total. The van der Waals surface area contributed by atoms with Gasteiger partial charge in [0.25, 0.3) is 5.79 Å². The molecule has 1 N–H and O–H groups in total. The van der Waals surface area contributed by atoms with E-state index in [0.717, 1.165) is 0 Å². The maximum Gasteiger partial charge on any atom is 0.348 e. The molecule has 1 aliphatic heterocycles. The number of nitrogens with one attached hydrogen (secondary N) is 1. The van der Waals surface area contributed by atoms with Gasteiger partial charge in [-0.05, 0) is 6.08 Å². The van der Waals surface area contributed by atoms with Gasteiger partial charge in [0.1, 0.15) is 5.57 Å². The zero-order chi connectivity index (χ0) is 12.3. The lowest BCUT2D eigenvalue weighted by molar-refractivity contribution is -0.222. The molecular formula is C11H17NO4. The Bertz CT molecular complexity index is 309. The first-order valence-electron chi connectivity index (χ1n) is 5.22. The summed E-state index contributed by atoms with van der Waals surface area (Å²) in [7, 11) is 0. The Morgan fingerprint density at radius 2 is 1.75 bits per heavy atom. The molecule has 0 radical (unpaired) electrons. The van der Waals surface area contributed by atoms with Gasteiger partial charge in [-0.2, -0.15) is 0 Å². The van der Waals surface area contributed by atoms with E-state index in [1.165, 1.54) is 19.9 Å². The van der Waals surface area contributed by atoms with Crippen molar-refractivity contribution in [3.63, 3.8) is 0 Å². The van der Waals surface area contributed by atoms with Crippen molar-refractivity contribution in [1.82, 2.24) is 5.32 Å². The van der Waals surface area contributed by atoms with Crippen LogP contribution in [0.1, 0.15) is 27.7 Å². The van der Waals surface area contributed by atoms with Crippen molar-refractivity contribution in [2.45, 2.75) is 39.5 Å². The molecule has 0 amide bonds. The number of ether oxygens (including phenoxy) is 2. The minimum absolute atomic E-state index is 0.0486. The predicted molar refractivity (Wildman–Crippen MR) is 57.5 cm³/mol. The molecule has 1 aliphatic rings. The van der Waals surface area contributed by atoms with Gasteiger partial charge in [-0.25, -0.2) is 9.59 Å². The van der Waals surface area contributed by atoms with Gasteiger partial charge in [0, 0.05) is 26.4 Å². The van der Waals surface area contributed by atoms with Crippen molar-refractivity contribution in [3.8, 4) is 0 Å². The largest absolute Gasteiger partial charge is 0.419 e. The summed E-state index contributed by atoms with van der Waals surface area (Å²) in [6.07, 6.45) is 1.49. The van der Waals surface area contributed by atoms with E-state index in [0.29, 0.717) is 6.54 Å². The van der Waals surface area contributed by atoms with Crippen LogP contribution in [0.25, 0.3) is 0 Å². The minimum Gasteiger partial charge on any atom is -0.419 e. The Kier molecular flexibility index (Phi) is 3.70. The van der Waals surface area contributed by atoms with Crippen LogP contribution >= 0.6 is 0 Å². The molecule has 1 heterocycles. The molecule has 0 saturated carbocycles. The summed E-state index contributed by atoms with van der Waals surface area (Å²) >= 11 is 0. The van der Waals surface area contributed by atoms with Crippen molar-refractivity contribution >= 4 is 11.9 Å². The van der Waals surface area contributed by atoms with Gasteiger partial charge in [-0.1, -0.05) is 13.8 Å². The lowest BCUT2D eigenvalue weighted by atomic mass is 10.2. The van der Waals surface area contributed by atoms with E-state index in [-0.39, 0.29) is 11.6 Å². The van der Waals surface area contributed by atoms with E-state index in [9.17, 15) is 9.59 Å². The summed E-state index contributed by atoms with van der Waals surface area (Å²) in [4.78, 5) is 23.0. The van der Waals surface area contributed by atoms with Gasteiger partial charge >= 0.3 is 11.9 Å². The van der Waals surface area contributed by atoms with Gasteiger partial charge in [-0.3, -0.25) is 0 Å². The number of carbonyl (C=O) groups excluding carboxylic acids is 2. The van der Waals surface area contributed by atoms with E-state index < -0.39 is 17.7 Å². The molecule has 0 bridgehead atoms. The number of carbonyl (C=O) groups is 2. The molecule has 1 saturated heterocycles. The van der Waals surface area contributed by atoms with Crippen molar-refractivity contribution in [3.05, 3.63) is 11.6 Å². The molecule has 0 aromatic rings. The molecule has 90 valence electrons. The first-order chi connectivity index (χ1) is 7.32. The molecule has 0 aromatic heterocycles. The van der Waals surface area contributed by atoms with Crippen LogP contribution < -0.4 is 5.32 Å². The van der Waals surface area contributed by atoms with Gasteiger partial charge in [0.15, 0.2) is 0 Å². The van der Waals surface area contributed by atoms with Crippen LogP contribution in [0.2, 0.25) is 0 Å². The Hall–Kier alpha value is -1.36. The van der Waals surface area contributed by atoms with Crippen LogP contribution in [0, 0.1) is 0 Å². The third-order valence-electron chi connectivity index (χ3n) is 1.95. The number of esters is 2. The van der Waals surface area contributed by atoms with Crippen molar-refractivity contribution in [2.24, 2.45) is 0 Å². The second kappa shape index (κ2) is 4.65. The minimum atomic E-state index is -1.17. The lowest BCUT2D eigenvalue weighted by Crippen LogP contribution is -2.42. The zero-order valence-electron chi connectivity index (χ0n) is 9.99. The van der Waals surface area contributed by atoms with Crippen molar-refractivity contribution in [2.75, 3.05) is 6.54 Å². The Balaban J connectivity index is 2.67. The van der Waals surface area contributed by atoms with E-state index in [1.807, 2.05) is 13.8 Å². The van der Waals surface area contributed by atoms with Crippen molar-refractivity contribution < 1.29 is 19.1 Å². The molecule has 0 atom stereocenters. The highest BCUT2D eigenvalue weighted by Crippen LogP contribution is 2.22. The third-order valence-corrected chi connectivity index (χ3v) is 1.95. The van der Waals surface area contributed by atoms with Crippen LogP contribution in [0.15, 0.2) is 11.6 Å². The van der Waals surface area contributed by atoms with Crippen molar-refractivity contribution in [1.29, 1.82) is 0 Å². The van der Waals surface area contributed by atoms with Gasteiger partial charge in [0.2, 0.25) is 0 Å². The molecule has 0 aromatic carbocycles. The topological polar surface area (TPSA) is 64.6 Å². The number of cyclic esters (lactones) is 2. The van der Waals surface area contributed by atoms with E-state index in [1.54, 1.807) is 0 Å². The second-order valence-corrected chi connectivity index (χ2v) is 4.36. The molecular weight excluding hydrogens is 210 g/mol. The highest BCUT2D eigenvalue weighted by atomic mass is 16.7. The molecule has 0 aliphatic carbocycles. The predicted octanol–water partition coefficient (Wildman–Crippen LogP) is 0.747. The van der Waals surface area contributed by atoms with Crippen LogP contribution in [0.4, 0.5) is 0 Å². The van der Waals surface area contributed by atoms with E-state index in [4.69, 9.17) is 9.47 Å². The average molecular weight is 227 g/mol. The Morgan fingerprint density at radius 1 is 1.25 bits per heavy atom. The summed E-state index contributed by atoms with van der Waals surface area (Å²) in [5.74, 6) is -2.43. The summed E-state index contributed by atoms with van der Waals surface area (Å²) < 4.78 is 9.87. The average Bonchev–Trinajstić information content (AvgIpc) is 2.07. The smallest absolute Gasteiger partial charge is 0.348 e. The first-order valence-corrected chi connectivity index (χ1v) is 5.22. The maximum atomic E-state index is 11.5. The summed E-state index contributed by atoms with van der Waals surface area (Å²) in [5.41, 5.74) is -0.0486. The Morgan fingerprint density at radius 3 is 2.19 bits per heavy atom. The normalized spacial score (nSPS) is 19.4. The standard InChI is InChI=1S/C11H17NO4/c1-7(2)12-6-5-8-9(13)15-11(3,4)16-10(8)14/h5,7,12H,6H2,1-4H3.